The Labute approximate surface area is 222 Å². The highest BCUT2D eigenvalue weighted by molar-refractivity contribution is 7.17. The average Bonchev–Trinajstić information content (AvgIpc) is 3.02. The van der Waals surface area contributed by atoms with Gasteiger partial charge in [-0.25, -0.2) is 0 Å². The molecule has 0 amide bonds. The fourth-order valence-corrected chi connectivity index (χ4v) is 5.58. The second kappa shape index (κ2) is 9.94. The number of ether oxygens (including phenoxy) is 1. The molecule has 1 unspecified atom stereocenters. The molecular weight excluding hydrogens is 482 g/mol. The predicted molar refractivity (Wildman–Crippen MR) is 154 cm³/mol. The average molecular weight is 516 g/mol. The van der Waals surface area contributed by atoms with Crippen molar-refractivity contribution >= 4 is 45.4 Å². The number of nitrogens with one attached hydrogen (secondary N) is 2. The van der Waals surface area contributed by atoms with Gasteiger partial charge in [0.1, 0.15) is 28.3 Å². The number of nitrogens with zero attached hydrogens (tertiary/aromatic N) is 2. The van der Waals surface area contributed by atoms with E-state index in [-0.39, 0.29) is 18.1 Å². The summed E-state index contributed by atoms with van der Waals surface area (Å²) in [7, 11) is 0. The Morgan fingerprint density at radius 1 is 1.11 bits per heavy atom. The normalized spacial score (nSPS) is 15.6. The molecule has 1 aromatic heterocycles. The summed E-state index contributed by atoms with van der Waals surface area (Å²) in [6.07, 6.45) is -0.0856. The summed E-state index contributed by atoms with van der Waals surface area (Å²) in [4.78, 5) is 20.5. The van der Waals surface area contributed by atoms with Crippen molar-refractivity contribution in [1.29, 1.82) is 10.8 Å². The van der Waals surface area contributed by atoms with Gasteiger partial charge in [-0.15, -0.1) is 11.3 Å². The van der Waals surface area contributed by atoms with E-state index in [0.29, 0.717) is 11.4 Å². The lowest BCUT2D eigenvalue weighted by Crippen LogP contribution is -2.41. The minimum absolute atomic E-state index is 0.0856. The number of hydrogen-bond acceptors (Lipinski definition) is 7. The van der Waals surface area contributed by atoms with Gasteiger partial charge in [-0.05, 0) is 70.4 Å². The zero-order valence-corrected chi connectivity index (χ0v) is 22.9. The van der Waals surface area contributed by atoms with Gasteiger partial charge in [0.05, 0.1) is 12.1 Å². The Hall–Kier alpha value is -3.78. The SMILES string of the molecule is CC(=N)N1C(=N)C(CC(=O)OC(C)(C)C)N=C(c2ccc(-c3cccc(N)c3)cc2)c2c1sc(C)c2C. The molecule has 8 heteroatoms. The van der Waals surface area contributed by atoms with Crippen LogP contribution in [0, 0.1) is 24.7 Å². The van der Waals surface area contributed by atoms with Crippen LogP contribution in [0.1, 0.15) is 55.7 Å². The van der Waals surface area contributed by atoms with Gasteiger partial charge in [0.2, 0.25) is 0 Å². The van der Waals surface area contributed by atoms with E-state index in [2.05, 4.69) is 0 Å². The van der Waals surface area contributed by atoms with Crippen LogP contribution >= 0.6 is 11.3 Å². The lowest BCUT2D eigenvalue weighted by molar-refractivity contribution is -0.154. The van der Waals surface area contributed by atoms with Crippen molar-refractivity contribution in [3.63, 3.8) is 0 Å². The fraction of sp³-hybridized carbons (Fsp3) is 0.310. The summed E-state index contributed by atoms with van der Waals surface area (Å²) >= 11 is 1.53. The van der Waals surface area contributed by atoms with Gasteiger partial charge >= 0.3 is 5.97 Å². The Morgan fingerprint density at radius 2 is 1.76 bits per heavy atom. The number of aryl methyl sites for hydroxylation is 1. The summed E-state index contributed by atoms with van der Waals surface area (Å²) in [6.45, 7) is 11.2. The molecular formula is C29H33N5O2S. The van der Waals surface area contributed by atoms with Gasteiger partial charge in [0.25, 0.3) is 0 Å². The Kier molecular flexibility index (Phi) is 7.06. The quantitative estimate of drug-likeness (QED) is 0.163. The van der Waals surface area contributed by atoms with Crippen LogP contribution in [0.15, 0.2) is 53.5 Å². The number of benzene rings is 2. The number of amidine groups is 2. The van der Waals surface area contributed by atoms with E-state index in [1.807, 2.05) is 83.1 Å². The number of hydrogen-bond donors (Lipinski definition) is 3. The van der Waals surface area contributed by atoms with Crippen LogP contribution in [0.25, 0.3) is 11.1 Å². The van der Waals surface area contributed by atoms with E-state index < -0.39 is 17.6 Å². The van der Waals surface area contributed by atoms with Crippen LogP contribution in [-0.2, 0) is 9.53 Å². The Morgan fingerprint density at radius 3 is 2.35 bits per heavy atom. The Bertz CT molecular complexity index is 1410. The predicted octanol–water partition coefficient (Wildman–Crippen LogP) is 6.35. The summed E-state index contributed by atoms with van der Waals surface area (Å²) in [6, 6.07) is 15.0. The van der Waals surface area contributed by atoms with Crippen LogP contribution in [0.4, 0.5) is 10.7 Å². The number of nitrogens with two attached hydrogens (primary N) is 1. The van der Waals surface area contributed by atoms with Crippen LogP contribution in [0.3, 0.4) is 0 Å². The molecule has 1 aliphatic heterocycles. The monoisotopic (exact) mass is 515 g/mol. The zero-order valence-electron chi connectivity index (χ0n) is 22.1. The first-order valence-corrected chi connectivity index (χ1v) is 13.0. The minimum atomic E-state index is -0.793. The van der Waals surface area contributed by atoms with E-state index in [0.717, 1.165) is 37.7 Å². The van der Waals surface area contributed by atoms with Gasteiger partial charge < -0.3 is 10.5 Å². The van der Waals surface area contributed by atoms with E-state index in [4.69, 9.17) is 26.3 Å². The highest BCUT2D eigenvalue weighted by Gasteiger charge is 2.35. The molecule has 37 heavy (non-hydrogen) atoms. The second-order valence-corrected chi connectivity index (χ2v) is 11.5. The van der Waals surface area contributed by atoms with Crippen LogP contribution in [0.5, 0.6) is 0 Å². The van der Waals surface area contributed by atoms with E-state index in [9.17, 15) is 4.79 Å². The lowest BCUT2D eigenvalue weighted by Gasteiger charge is -2.25. The second-order valence-electron chi connectivity index (χ2n) is 10.3. The third-order valence-corrected chi connectivity index (χ3v) is 7.33. The van der Waals surface area contributed by atoms with Crippen molar-refractivity contribution in [2.45, 2.75) is 59.6 Å². The topological polar surface area (TPSA) is 116 Å². The molecule has 1 atom stereocenters. The first-order valence-electron chi connectivity index (χ1n) is 12.2. The molecule has 0 spiro atoms. The van der Waals surface area contributed by atoms with Crippen LogP contribution in [0.2, 0.25) is 0 Å². The molecule has 0 aliphatic carbocycles. The first-order chi connectivity index (χ1) is 17.4. The van der Waals surface area contributed by atoms with Crippen molar-refractivity contribution in [3.05, 3.63) is 70.1 Å². The third-order valence-electron chi connectivity index (χ3n) is 6.14. The van der Waals surface area contributed by atoms with Gasteiger partial charge in [-0.1, -0.05) is 36.4 Å². The van der Waals surface area contributed by atoms with Crippen molar-refractivity contribution in [2.75, 3.05) is 10.6 Å². The molecule has 1 aliphatic rings. The van der Waals surface area contributed by atoms with Crippen LogP contribution < -0.4 is 10.6 Å². The van der Waals surface area contributed by atoms with E-state index >= 15 is 0 Å². The van der Waals surface area contributed by atoms with Crippen molar-refractivity contribution in [3.8, 4) is 11.1 Å². The molecule has 192 valence electrons. The number of carbonyl (C=O) groups is 1. The molecule has 4 N–H and O–H groups in total. The molecule has 0 bridgehead atoms. The summed E-state index contributed by atoms with van der Waals surface area (Å²) in [5.74, 6) is -0.134. The molecule has 3 aromatic rings. The first kappa shape index (κ1) is 26.3. The maximum atomic E-state index is 12.8. The largest absolute Gasteiger partial charge is 0.460 e. The van der Waals surface area contributed by atoms with Crippen molar-refractivity contribution in [1.82, 2.24) is 0 Å². The standard InChI is InChI=1S/C29H33N5O2S/c1-16-17(2)37-28-25(16)26(20-12-10-19(11-13-20)21-8-7-9-22(31)14-21)33-23(27(32)34(28)18(3)30)15-24(35)36-29(4,5)6/h7-14,23,30,32H,15,31H2,1-6H3. The van der Waals surface area contributed by atoms with Gasteiger partial charge in [-0.3, -0.25) is 25.5 Å². The number of thiophene rings is 1. The van der Waals surface area contributed by atoms with Crippen LogP contribution in [-0.4, -0.2) is 35.0 Å². The molecule has 2 heterocycles. The summed E-state index contributed by atoms with van der Waals surface area (Å²) in [5, 5.41) is 18.2. The molecule has 4 rings (SSSR count). The summed E-state index contributed by atoms with van der Waals surface area (Å²) < 4.78 is 5.56. The molecule has 0 fully saturated rings. The number of rotatable bonds is 4. The number of anilines is 2. The third kappa shape index (κ3) is 5.49. The van der Waals surface area contributed by atoms with E-state index in [1.165, 1.54) is 11.3 Å². The van der Waals surface area contributed by atoms with Gasteiger partial charge in [-0.2, -0.15) is 0 Å². The number of aliphatic imine (C=N–C) groups is 1. The Balaban J connectivity index is 1.84. The summed E-state index contributed by atoms with van der Waals surface area (Å²) in [5.41, 5.74) is 11.6. The molecule has 7 nitrogen and oxygen atoms in total. The maximum Gasteiger partial charge on any atom is 0.308 e. The maximum absolute atomic E-state index is 12.8. The number of nitrogen functional groups attached to an aromatic ring is 1. The molecule has 2 aromatic carbocycles. The number of carbonyl (C=O) groups excluding carboxylic acids is 1. The van der Waals surface area contributed by atoms with Gasteiger partial charge in [0.15, 0.2) is 0 Å². The lowest BCUT2D eigenvalue weighted by atomic mass is 9.97. The smallest absolute Gasteiger partial charge is 0.308 e. The van der Waals surface area contributed by atoms with Crippen molar-refractivity contribution in [2.24, 2.45) is 4.99 Å². The number of esters is 1. The fourth-order valence-electron chi connectivity index (χ4n) is 4.36. The molecule has 0 saturated heterocycles. The highest BCUT2D eigenvalue weighted by atomic mass is 32.1. The molecule has 0 radical (unpaired) electrons. The van der Waals surface area contributed by atoms with E-state index in [1.54, 1.807) is 11.8 Å². The zero-order chi connectivity index (χ0) is 27.1. The minimum Gasteiger partial charge on any atom is -0.460 e. The molecule has 0 saturated carbocycles. The number of fused-ring (bicyclic) bond motifs is 1. The van der Waals surface area contributed by atoms with Crippen molar-refractivity contribution < 1.29 is 9.53 Å². The highest BCUT2D eigenvalue weighted by Crippen LogP contribution is 2.40. The van der Waals surface area contributed by atoms with Gasteiger partial charge in [0, 0.05) is 21.7 Å².